The minimum atomic E-state index is -2.90. The second-order valence-corrected chi connectivity index (χ2v) is 7.25. The summed E-state index contributed by atoms with van der Waals surface area (Å²) in [4.78, 5) is 4.32. The summed E-state index contributed by atoms with van der Waals surface area (Å²) in [5.74, 6) is 5.98. The Balaban J connectivity index is 2.68. The molecule has 0 radical (unpaired) electrons. The zero-order valence-corrected chi connectivity index (χ0v) is 12.6. The number of nitrogens with two attached hydrogens (primary N) is 1. The van der Waals surface area contributed by atoms with E-state index in [0.717, 1.165) is 17.0 Å². The van der Waals surface area contributed by atoms with Crippen molar-refractivity contribution in [3.63, 3.8) is 0 Å². The lowest BCUT2D eigenvalue weighted by molar-refractivity contribution is 0.506. The zero-order valence-electron chi connectivity index (χ0n) is 11.8. The zero-order chi connectivity index (χ0) is 14.5. The van der Waals surface area contributed by atoms with Gasteiger partial charge in [0.1, 0.15) is 9.84 Å². The highest BCUT2D eigenvalue weighted by molar-refractivity contribution is 7.91. The van der Waals surface area contributed by atoms with Gasteiger partial charge in [-0.05, 0) is 44.4 Å². The van der Waals surface area contributed by atoms with E-state index in [9.17, 15) is 8.42 Å². The summed E-state index contributed by atoms with van der Waals surface area (Å²) in [6.07, 6.45) is 1.30. The molecule has 1 atom stereocenters. The fourth-order valence-corrected chi connectivity index (χ4v) is 2.96. The monoisotopic (exact) mass is 285 g/mol. The van der Waals surface area contributed by atoms with Crippen LogP contribution in [0, 0.1) is 13.8 Å². The third-order valence-corrected chi connectivity index (χ3v) is 4.89. The minimum Gasteiger partial charge on any atom is -0.271 e. The standard InChI is InChI=1S/C13H23N3O2S/c1-4-19(17,18)7-5-6-13(16-14)12-8-10(2)15-11(3)9-12/h8-9,13,16H,4-7,14H2,1-3H3. The van der Waals surface area contributed by atoms with Crippen molar-refractivity contribution in [2.75, 3.05) is 11.5 Å². The van der Waals surface area contributed by atoms with Gasteiger partial charge in [-0.1, -0.05) is 6.92 Å². The van der Waals surface area contributed by atoms with Crippen LogP contribution in [0.3, 0.4) is 0 Å². The molecule has 108 valence electrons. The molecule has 3 N–H and O–H groups in total. The van der Waals surface area contributed by atoms with E-state index < -0.39 is 9.84 Å². The summed E-state index contributed by atoms with van der Waals surface area (Å²) in [6.45, 7) is 5.54. The van der Waals surface area contributed by atoms with Crippen molar-refractivity contribution >= 4 is 9.84 Å². The number of hydrogen-bond donors (Lipinski definition) is 2. The first-order chi connectivity index (χ1) is 8.88. The number of aromatic nitrogens is 1. The number of nitrogens with one attached hydrogen (secondary N) is 1. The maximum atomic E-state index is 11.5. The van der Waals surface area contributed by atoms with Gasteiger partial charge in [0.2, 0.25) is 0 Å². The maximum Gasteiger partial charge on any atom is 0.150 e. The summed E-state index contributed by atoms with van der Waals surface area (Å²) in [5.41, 5.74) is 5.69. The summed E-state index contributed by atoms with van der Waals surface area (Å²) in [5, 5.41) is 0. The van der Waals surface area contributed by atoms with Gasteiger partial charge in [0, 0.05) is 23.2 Å². The smallest absolute Gasteiger partial charge is 0.150 e. The maximum absolute atomic E-state index is 11.5. The van der Waals surface area contributed by atoms with Gasteiger partial charge in [-0.2, -0.15) is 0 Å². The van der Waals surface area contributed by atoms with Gasteiger partial charge >= 0.3 is 0 Å². The van der Waals surface area contributed by atoms with Gasteiger partial charge in [0.05, 0.1) is 5.75 Å². The summed E-state index contributed by atoms with van der Waals surface area (Å²) < 4.78 is 22.9. The Morgan fingerprint density at radius 3 is 2.37 bits per heavy atom. The molecular formula is C13H23N3O2S. The van der Waals surface area contributed by atoms with Gasteiger partial charge in [-0.3, -0.25) is 16.3 Å². The number of rotatable bonds is 7. The van der Waals surface area contributed by atoms with Crippen molar-refractivity contribution in [3.8, 4) is 0 Å². The SMILES string of the molecule is CCS(=O)(=O)CCCC(NN)c1cc(C)nc(C)c1. The van der Waals surface area contributed by atoms with E-state index in [1.807, 2.05) is 26.0 Å². The Morgan fingerprint density at radius 2 is 1.89 bits per heavy atom. The molecule has 0 fully saturated rings. The molecule has 0 amide bonds. The molecule has 0 aliphatic rings. The molecule has 0 saturated heterocycles. The Kier molecular flexibility index (Phi) is 5.90. The first kappa shape index (κ1) is 16.1. The van der Waals surface area contributed by atoms with E-state index in [4.69, 9.17) is 5.84 Å². The molecule has 1 aromatic heterocycles. The normalized spacial score (nSPS) is 13.5. The molecule has 1 rings (SSSR count). The molecule has 1 heterocycles. The average Bonchev–Trinajstić information content (AvgIpc) is 2.33. The number of hydrogen-bond acceptors (Lipinski definition) is 5. The van der Waals surface area contributed by atoms with E-state index in [0.29, 0.717) is 12.8 Å². The molecule has 0 aliphatic heterocycles. The number of hydrazine groups is 1. The van der Waals surface area contributed by atoms with Crippen molar-refractivity contribution in [1.29, 1.82) is 0 Å². The third kappa shape index (κ3) is 5.26. The lowest BCUT2D eigenvalue weighted by atomic mass is 10.0. The summed E-state index contributed by atoms with van der Waals surface area (Å²) >= 11 is 0. The molecule has 1 unspecified atom stereocenters. The fourth-order valence-electron chi connectivity index (χ4n) is 2.07. The fraction of sp³-hybridized carbons (Fsp3) is 0.615. The predicted molar refractivity (Wildman–Crippen MR) is 77.3 cm³/mol. The minimum absolute atomic E-state index is 0.0348. The highest BCUT2D eigenvalue weighted by Crippen LogP contribution is 2.19. The molecule has 0 aromatic carbocycles. The van der Waals surface area contributed by atoms with Crippen molar-refractivity contribution < 1.29 is 8.42 Å². The summed E-state index contributed by atoms with van der Waals surface area (Å²) in [6, 6.07) is 3.92. The molecule has 1 aromatic rings. The lowest BCUT2D eigenvalue weighted by Crippen LogP contribution is -2.28. The molecule has 0 saturated carbocycles. The second-order valence-electron chi connectivity index (χ2n) is 4.78. The molecule has 0 aliphatic carbocycles. The van der Waals surface area contributed by atoms with Crippen LogP contribution in [-0.4, -0.2) is 24.9 Å². The first-order valence-corrected chi connectivity index (χ1v) is 8.32. The van der Waals surface area contributed by atoms with Crippen LogP contribution in [-0.2, 0) is 9.84 Å². The molecular weight excluding hydrogens is 262 g/mol. The van der Waals surface area contributed by atoms with Crippen LogP contribution < -0.4 is 11.3 Å². The van der Waals surface area contributed by atoms with Crippen molar-refractivity contribution in [3.05, 3.63) is 29.1 Å². The van der Waals surface area contributed by atoms with E-state index in [1.165, 1.54) is 0 Å². The van der Waals surface area contributed by atoms with Crippen LogP contribution in [0.4, 0.5) is 0 Å². The molecule has 19 heavy (non-hydrogen) atoms. The quantitative estimate of drug-likeness (QED) is 0.584. The first-order valence-electron chi connectivity index (χ1n) is 6.49. The van der Waals surface area contributed by atoms with Crippen molar-refractivity contribution in [1.82, 2.24) is 10.4 Å². The number of pyridine rings is 1. The number of nitrogens with zero attached hydrogens (tertiary/aromatic N) is 1. The van der Waals surface area contributed by atoms with Gasteiger partial charge < -0.3 is 0 Å². The number of sulfone groups is 1. The van der Waals surface area contributed by atoms with Gasteiger partial charge in [-0.25, -0.2) is 8.42 Å². The van der Waals surface area contributed by atoms with Crippen LogP contribution in [0.2, 0.25) is 0 Å². The van der Waals surface area contributed by atoms with E-state index >= 15 is 0 Å². The number of aryl methyl sites for hydroxylation is 2. The average molecular weight is 285 g/mol. The lowest BCUT2D eigenvalue weighted by Gasteiger charge is -2.17. The summed E-state index contributed by atoms with van der Waals surface area (Å²) in [7, 11) is -2.90. The van der Waals surface area contributed by atoms with Gasteiger partial charge in [-0.15, -0.1) is 0 Å². The Hall–Kier alpha value is -0.980. The Bertz CT molecular complexity index is 494. The largest absolute Gasteiger partial charge is 0.271 e. The highest BCUT2D eigenvalue weighted by Gasteiger charge is 2.13. The molecule has 6 heteroatoms. The van der Waals surface area contributed by atoms with Crippen LogP contribution >= 0.6 is 0 Å². The van der Waals surface area contributed by atoms with Gasteiger partial charge in [0.25, 0.3) is 0 Å². The van der Waals surface area contributed by atoms with Crippen LogP contribution in [0.25, 0.3) is 0 Å². The van der Waals surface area contributed by atoms with Crippen LogP contribution in [0.1, 0.15) is 42.8 Å². The van der Waals surface area contributed by atoms with Crippen molar-refractivity contribution in [2.24, 2.45) is 5.84 Å². The molecule has 0 spiro atoms. The topological polar surface area (TPSA) is 85.1 Å². The van der Waals surface area contributed by atoms with Crippen molar-refractivity contribution in [2.45, 2.75) is 39.7 Å². The second kappa shape index (κ2) is 6.98. The Morgan fingerprint density at radius 1 is 1.32 bits per heavy atom. The molecule has 0 bridgehead atoms. The third-order valence-electron chi connectivity index (χ3n) is 3.10. The van der Waals surface area contributed by atoms with E-state index in [1.54, 1.807) is 6.92 Å². The van der Waals surface area contributed by atoms with Crippen LogP contribution in [0.15, 0.2) is 12.1 Å². The van der Waals surface area contributed by atoms with E-state index in [2.05, 4.69) is 10.4 Å². The molecule has 5 nitrogen and oxygen atoms in total. The Labute approximate surface area is 115 Å². The van der Waals surface area contributed by atoms with E-state index in [-0.39, 0.29) is 17.5 Å². The predicted octanol–water partition coefficient (Wildman–Crippen LogP) is 1.42. The highest BCUT2D eigenvalue weighted by atomic mass is 32.2. The van der Waals surface area contributed by atoms with Gasteiger partial charge in [0.15, 0.2) is 0 Å². The van der Waals surface area contributed by atoms with Crippen LogP contribution in [0.5, 0.6) is 0 Å².